The normalized spacial score (nSPS) is 17.9. The molecule has 37 heavy (non-hydrogen) atoms. The highest BCUT2D eigenvalue weighted by Gasteiger charge is 2.21. The maximum atomic E-state index is 5.86. The van der Waals surface area contributed by atoms with E-state index in [9.17, 15) is 0 Å². The summed E-state index contributed by atoms with van der Waals surface area (Å²) in [5.74, 6) is 3.79. The molecule has 1 aliphatic rings. The second kappa shape index (κ2) is 13.7. The summed E-state index contributed by atoms with van der Waals surface area (Å²) >= 11 is 0. The highest BCUT2D eigenvalue weighted by atomic mass is 16.5. The van der Waals surface area contributed by atoms with Crippen LogP contribution >= 0.6 is 0 Å². The number of anilines is 1. The summed E-state index contributed by atoms with van der Waals surface area (Å²) in [6.07, 6.45) is 9.63. The van der Waals surface area contributed by atoms with Gasteiger partial charge in [0.25, 0.3) is 0 Å². The predicted octanol–water partition coefficient (Wildman–Crippen LogP) is 5.70. The van der Waals surface area contributed by atoms with Crippen LogP contribution in [0.4, 0.5) is 5.82 Å². The van der Waals surface area contributed by atoms with Gasteiger partial charge in [-0.2, -0.15) is 0 Å². The van der Waals surface area contributed by atoms with Gasteiger partial charge in [-0.3, -0.25) is 0 Å². The van der Waals surface area contributed by atoms with E-state index in [1.54, 1.807) is 0 Å². The van der Waals surface area contributed by atoms with E-state index in [-0.39, 0.29) is 0 Å². The number of aromatic nitrogens is 2. The van der Waals surface area contributed by atoms with Crippen LogP contribution in [0.5, 0.6) is 5.75 Å². The first kappa shape index (κ1) is 27.3. The van der Waals surface area contributed by atoms with E-state index >= 15 is 0 Å². The number of hydrogen-bond acceptors (Lipinski definition) is 6. The SMILES string of the molecule is CN(C)CCCOc1ccc(CNC2CCC(CCCc3nc(N(C)C)c4ccccc4n3)CC2)cc1. The van der Waals surface area contributed by atoms with Crippen LogP contribution in [-0.2, 0) is 13.0 Å². The van der Waals surface area contributed by atoms with Crippen molar-refractivity contribution in [1.29, 1.82) is 0 Å². The van der Waals surface area contributed by atoms with Gasteiger partial charge in [0.2, 0.25) is 0 Å². The third-order valence-electron chi connectivity index (χ3n) is 7.45. The van der Waals surface area contributed by atoms with Crippen molar-refractivity contribution < 1.29 is 4.74 Å². The number of nitrogens with zero attached hydrogens (tertiary/aromatic N) is 4. The van der Waals surface area contributed by atoms with Gasteiger partial charge < -0.3 is 19.9 Å². The van der Waals surface area contributed by atoms with Crippen LogP contribution in [-0.4, -0.2) is 62.3 Å². The third kappa shape index (κ3) is 8.41. The van der Waals surface area contributed by atoms with Gasteiger partial charge in [0.1, 0.15) is 17.4 Å². The molecule has 0 radical (unpaired) electrons. The Kier molecular flexibility index (Phi) is 10.1. The van der Waals surface area contributed by atoms with Crippen molar-refractivity contribution in [3.05, 3.63) is 59.9 Å². The van der Waals surface area contributed by atoms with Gasteiger partial charge in [-0.1, -0.05) is 30.7 Å². The molecular formula is C31H45N5O. The molecule has 6 heteroatoms. The van der Waals surface area contributed by atoms with Crippen LogP contribution in [0, 0.1) is 5.92 Å². The van der Waals surface area contributed by atoms with E-state index in [2.05, 4.69) is 91.8 Å². The number of nitrogens with one attached hydrogen (secondary N) is 1. The van der Waals surface area contributed by atoms with E-state index in [0.29, 0.717) is 6.04 Å². The average molecular weight is 504 g/mol. The highest BCUT2D eigenvalue weighted by Crippen LogP contribution is 2.29. The Bertz CT molecular complexity index is 1090. The molecule has 4 rings (SSSR count). The first-order valence-electron chi connectivity index (χ1n) is 14.0. The molecule has 0 amide bonds. The summed E-state index contributed by atoms with van der Waals surface area (Å²) in [4.78, 5) is 14.0. The minimum absolute atomic E-state index is 0.629. The molecule has 2 aromatic carbocycles. The highest BCUT2D eigenvalue weighted by molar-refractivity contribution is 5.89. The van der Waals surface area contributed by atoms with Gasteiger partial charge >= 0.3 is 0 Å². The lowest BCUT2D eigenvalue weighted by molar-refractivity contribution is 0.275. The van der Waals surface area contributed by atoms with Gasteiger partial charge in [0.15, 0.2) is 0 Å². The second-order valence-corrected chi connectivity index (χ2v) is 11.0. The summed E-state index contributed by atoms with van der Waals surface area (Å²) in [5.41, 5.74) is 2.38. The van der Waals surface area contributed by atoms with Crippen LogP contribution in [0.2, 0.25) is 0 Å². The van der Waals surface area contributed by atoms with E-state index in [1.807, 2.05) is 0 Å². The Morgan fingerprint density at radius 2 is 1.65 bits per heavy atom. The number of fused-ring (bicyclic) bond motifs is 1. The fourth-order valence-electron chi connectivity index (χ4n) is 5.30. The molecule has 1 aromatic heterocycles. The van der Waals surface area contributed by atoms with Gasteiger partial charge in [0.05, 0.1) is 12.1 Å². The minimum Gasteiger partial charge on any atom is -0.494 e. The summed E-state index contributed by atoms with van der Waals surface area (Å²) < 4.78 is 5.86. The van der Waals surface area contributed by atoms with E-state index in [0.717, 1.165) is 73.2 Å². The van der Waals surface area contributed by atoms with Crippen molar-refractivity contribution in [1.82, 2.24) is 20.2 Å². The Morgan fingerprint density at radius 1 is 0.892 bits per heavy atom. The van der Waals surface area contributed by atoms with Gasteiger partial charge in [-0.15, -0.1) is 0 Å². The zero-order chi connectivity index (χ0) is 26.0. The molecule has 1 fully saturated rings. The van der Waals surface area contributed by atoms with Crippen LogP contribution in [0.1, 0.15) is 56.3 Å². The van der Waals surface area contributed by atoms with Crippen LogP contribution in [0.25, 0.3) is 10.9 Å². The van der Waals surface area contributed by atoms with Crippen molar-refractivity contribution >= 4 is 16.7 Å². The van der Waals surface area contributed by atoms with Crippen molar-refractivity contribution in [3.8, 4) is 5.75 Å². The first-order valence-corrected chi connectivity index (χ1v) is 14.0. The third-order valence-corrected chi connectivity index (χ3v) is 7.45. The number of benzene rings is 2. The molecule has 1 aliphatic carbocycles. The number of aryl methyl sites for hydroxylation is 1. The molecule has 0 bridgehead atoms. The predicted molar refractivity (Wildman–Crippen MR) is 154 cm³/mol. The molecule has 0 spiro atoms. The van der Waals surface area contributed by atoms with Crippen molar-refractivity contribution in [2.45, 2.75) is 64.0 Å². The Balaban J connectivity index is 1.14. The maximum Gasteiger partial charge on any atom is 0.139 e. The maximum absolute atomic E-state index is 5.86. The number of hydrogen-bond donors (Lipinski definition) is 1. The molecular weight excluding hydrogens is 458 g/mol. The Labute approximate surface area is 223 Å². The topological polar surface area (TPSA) is 53.5 Å². The van der Waals surface area contributed by atoms with E-state index in [1.165, 1.54) is 37.7 Å². The van der Waals surface area contributed by atoms with Crippen LogP contribution < -0.4 is 15.0 Å². The largest absolute Gasteiger partial charge is 0.494 e. The molecule has 3 aromatic rings. The minimum atomic E-state index is 0.629. The Morgan fingerprint density at radius 3 is 2.38 bits per heavy atom. The molecule has 0 saturated heterocycles. The molecule has 200 valence electrons. The monoisotopic (exact) mass is 503 g/mol. The standard InChI is InChI=1S/C31H45N5O/c1-35(2)21-8-22-37-27-19-15-25(16-20-27)23-32-26-17-13-24(14-18-26)9-7-12-30-33-29-11-6-5-10-28(29)31(34-30)36(3)4/h5-6,10-11,15-16,19-20,24,26,32H,7-9,12-14,17-18,21-23H2,1-4H3. The zero-order valence-corrected chi connectivity index (χ0v) is 23.2. The number of rotatable bonds is 13. The first-order chi connectivity index (χ1) is 18.0. The Hall–Kier alpha value is -2.70. The van der Waals surface area contributed by atoms with Gasteiger partial charge in [-0.05, 0) is 88.4 Å². The van der Waals surface area contributed by atoms with E-state index in [4.69, 9.17) is 14.7 Å². The molecule has 1 heterocycles. The van der Waals surface area contributed by atoms with Gasteiger partial charge in [-0.25, -0.2) is 9.97 Å². The van der Waals surface area contributed by atoms with Crippen molar-refractivity contribution in [2.75, 3.05) is 46.2 Å². The number of para-hydroxylation sites is 1. The zero-order valence-electron chi connectivity index (χ0n) is 23.2. The fourth-order valence-corrected chi connectivity index (χ4v) is 5.30. The smallest absolute Gasteiger partial charge is 0.139 e. The fraction of sp³-hybridized carbons (Fsp3) is 0.548. The lowest BCUT2D eigenvalue weighted by atomic mass is 9.83. The summed E-state index contributed by atoms with van der Waals surface area (Å²) in [7, 11) is 8.31. The average Bonchev–Trinajstić information content (AvgIpc) is 2.90. The number of ether oxygens (including phenoxy) is 1. The van der Waals surface area contributed by atoms with Crippen LogP contribution in [0.15, 0.2) is 48.5 Å². The lowest BCUT2D eigenvalue weighted by Crippen LogP contribution is -2.32. The van der Waals surface area contributed by atoms with Crippen LogP contribution in [0.3, 0.4) is 0 Å². The summed E-state index contributed by atoms with van der Waals surface area (Å²) in [5, 5.41) is 4.91. The molecule has 6 nitrogen and oxygen atoms in total. The molecule has 1 N–H and O–H groups in total. The molecule has 0 aliphatic heterocycles. The quantitative estimate of drug-likeness (QED) is 0.302. The lowest BCUT2D eigenvalue weighted by Gasteiger charge is -2.29. The summed E-state index contributed by atoms with van der Waals surface area (Å²) in [6, 6.07) is 17.5. The molecule has 0 unspecified atom stereocenters. The molecule has 1 saturated carbocycles. The summed E-state index contributed by atoms with van der Waals surface area (Å²) in [6.45, 7) is 2.76. The van der Waals surface area contributed by atoms with Crippen molar-refractivity contribution in [2.24, 2.45) is 5.92 Å². The second-order valence-electron chi connectivity index (χ2n) is 11.0. The van der Waals surface area contributed by atoms with Crippen molar-refractivity contribution in [3.63, 3.8) is 0 Å². The van der Waals surface area contributed by atoms with Gasteiger partial charge in [0, 0.05) is 45.0 Å². The molecule has 0 atom stereocenters. The van der Waals surface area contributed by atoms with E-state index < -0.39 is 0 Å².